The first-order valence-corrected chi connectivity index (χ1v) is 8.72. The van der Waals surface area contributed by atoms with Gasteiger partial charge in [0.2, 0.25) is 0 Å². The Bertz CT molecular complexity index is 917. The number of carbonyl (C=O) groups excluding carboxylic acids is 1. The highest BCUT2D eigenvalue weighted by atomic mass is 16.6. The zero-order chi connectivity index (χ0) is 20.9. The molecular weight excluding hydrogens is 362 g/mol. The molecule has 0 saturated carbocycles. The van der Waals surface area contributed by atoms with E-state index in [4.69, 9.17) is 0 Å². The van der Waals surface area contributed by atoms with Crippen LogP contribution in [0.25, 0.3) is 0 Å². The van der Waals surface area contributed by atoms with Gasteiger partial charge in [-0.3, -0.25) is 14.9 Å². The normalized spacial score (nSPS) is 11.6. The second-order valence-corrected chi connectivity index (χ2v) is 7.28. The van der Waals surface area contributed by atoms with Gasteiger partial charge in [-0.2, -0.15) is 0 Å². The molecule has 0 aromatic heterocycles. The number of hydrogen-bond acceptors (Lipinski definition) is 7. The number of aromatic hydroxyl groups is 1. The number of methoxy groups -OCH3 is 1. The molecule has 0 aliphatic carbocycles. The number of nitrogens with zero attached hydrogens (tertiary/aromatic N) is 3. The van der Waals surface area contributed by atoms with Crippen molar-refractivity contribution in [2.45, 2.75) is 39.0 Å². The molecule has 0 bridgehead atoms. The zero-order valence-electron chi connectivity index (χ0n) is 16.3. The van der Waals surface area contributed by atoms with Gasteiger partial charge in [-0.1, -0.05) is 39.0 Å². The molecule has 0 radical (unpaired) electrons. The first-order chi connectivity index (χ1) is 13.1. The summed E-state index contributed by atoms with van der Waals surface area (Å²) in [6.07, 6.45) is 0.593. The van der Waals surface area contributed by atoms with Crippen LogP contribution < -0.4 is 0 Å². The van der Waals surface area contributed by atoms with Crippen LogP contribution in [0.15, 0.2) is 46.6 Å². The molecule has 0 amide bonds. The molecule has 8 nitrogen and oxygen atoms in total. The van der Waals surface area contributed by atoms with E-state index in [9.17, 15) is 20.0 Å². The Labute approximate surface area is 163 Å². The van der Waals surface area contributed by atoms with E-state index in [0.717, 1.165) is 5.56 Å². The lowest BCUT2D eigenvalue weighted by Gasteiger charge is -2.22. The zero-order valence-corrected chi connectivity index (χ0v) is 16.3. The summed E-state index contributed by atoms with van der Waals surface area (Å²) in [5.41, 5.74) is 1.14. The number of ether oxygens (including phenoxy) is 1. The molecule has 0 atom stereocenters. The topological polar surface area (TPSA) is 114 Å². The van der Waals surface area contributed by atoms with Crippen molar-refractivity contribution in [3.8, 4) is 5.75 Å². The van der Waals surface area contributed by atoms with E-state index in [1.54, 1.807) is 18.2 Å². The van der Waals surface area contributed by atoms with E-state index < -0.39 is 4.92 Å². The van der Waals surface area contributed by atoms with Gasteiger partial charge in [-0.15, -0.1) is 10.2 Å². The molecule has 0 aliphatic rings. The highest BCUT2D eigenvalue weighted by Crippen LogP contribution is 2.40. The van der Waals surface area contributed by atoms with Crippen molar-refractivity contribution >= 4 is 23.0 Å². The number of para-hydroxylation sites is 1. The number of esters is 1. The van der Waals surface area contributed by atoms with E-state index in [2.05, 4.69) is 15.0 Å². The van der Waals surface area contributed by atoms with Crippen LogP contribution >= 0.6 is 0 Å². The Morgan fingerprint density at radius 2 is 1.82 bits per heavy atom. The van der Waals surface area contributed by atoms with Crippen LogP contribution in [0.1, 0.15) is 38.3 Å². The summed E-state index contributed by atoms with van der Waals surface area (Å²) >= 11 is 0. The third-order valence-corrected chi connectivity index (χ3v) is 4.15. The number of azo groups is 1. The van der Waals surface area contributed by atoms with Gasteiger partial charge < -0.3 is 9.84 Å². The van der Waals surface area contributed by atoms with Crippen molar-refractivity contribution in [3.05, 3.63) is 57.6 Å². The largest absolute Gasteiger partial charge is 0.505 e. The molecule has 148 valence electrons. The van der Waals surface area contributed by atoms with Crippen LogP contribution in [-0.2, 0) is 21.4 Å². The second-order valence-electron chi connectivity index (χ2n) is 7.28. The van der Waals surface area contributed by atoms with Crippen molar-refractivity contribution in [3.63, 3.8) is 0 Å². The monoisotopic (exact) mass is 385 g/mol. The van der Waals surface area contributed by atoms with Crippen LogP contribution in [0.4, 0.5) is 17.1 Å². The lowest BCUT2D eigenvalue weighted by molar-refractivity contribution is -0.384. The number of phenols is 1. The number of aryl methyl sites for hydroxylation is 1. The molecule has 2 rings (SSSR count). The molecular formula is C20H23N3O5. The molecule has 0 saturated heterocycles. The average molecular weight is 385 g/mol. The van der Waals surface area contributed by atoms with Crippen LogP contribution in [0, 0.1) is 10.1 Å². The molecule has 28 heavy (non-hydrogen) atoms. The van der Waals surface area contributed by atoms with Gasteiger partial charge in [0, 0.05) is 18.1 Å². The first-order valence-electron chi connectivity index (χ1n) is 8.72. The standard InChI is InChI=1S/C20H23N3O5/c1-20(2,3)14-11-13(9-10-18(24)28-4)12-16(19(14)25)22-21-15-7-5-6-8-17(15)23(26)27/h5-8,11-12,25H,9-10H2,1-4H3/b22-21+. The van der Waals surface area contributed by atoms with Gasteiger partial charge >= 0.3 is 5.97 Å². The maximum atomic E-state index is 11.5. The third-order valence-electron chi connectivity index (χ3n) is 4.15. The Balaban J connectivity index is 2.47. The predicted molar refractivity (Wildman–Crippen MR) is 104 cm³/mol. The molecule has 2 aromatic carbocycles. The fourth-order valence-electron chi connectivity index (χ4n) is 2.63. The minimum atomic E-state index is -0.540. The lowest BCUT2D eigenvalue weighted by atomic mass is 9.84. The lowest BCUT2D eigenvalue weighted by Crippen LogP contribution is -2.12. The SMILES string of the molecule is COC(=O)CCc1cc(/N=N/c2ccccc2[N+](=O)[O-])c(O)c(C(C)(C)C)c1. The summed E-state index contributed by atoms with van der Waals surface area (Å²) in [7, 11) is 1.33. The van der Waals surface area contributed by atoms with E-state index in [-0.39, 0.29) is 40.6 Å². The first kappa shape index (κ1) is 21.0. The number of carbonyl (C=O) groups is 1. The van der Waals surface area contributed by atoms with Gasteiger partial charge in [-0.25, -0.2) is 0 Å². The molecule has 0 aliphatic heterocycles. The summed E-state index contributed by atoms with van der Waals surface area (Å²) in [5.74, 6) is -0.384. The molecule has 8 heteroatoms. The minimum absolute atomic E-state index is 0.0448. The number of nitro groups is 1. The predicted octanol–water partition coefficient (Wildman–Crippen LogP) is 5.12. The fraction of sp³-hybridized carbons (Fsp3) is 0.350. The maximum Gasteiger partial charge on any atom is 0.305 e. The van der Waals surface area contributed by atoms with Crippen LogP contribution in [-0.4, -0.2) is 23.1 Å². The summed E-state index contributed by atoms with van der Waals surface area (Å²) in [6, 6.07) is 9.41. The smallest absolute Gasteiger partial charge is 0.305 e. The van der Waals surface area contributed by atoms with E-state index in [1.165, 1.54) is 19.2 Å². The van der Waals surface area contributed by atoms with Crippen molar-refractivity contribution in [1.82, 2.24) is 0 Å². The summed E-state index contributed by atoms with van der Waals surface area (Å²) in [5, 5.41) is 29.8. The van der Waals surface area contributed by atoms with Crippen molar-refractivity contribution in [2.24, 2.45) is 10.2 Å². The number of phenolic OH excluding ortho intramolecular Hbond substituents is 1. The molecule has 1 N–H and O–H groups in total. The number of hydrogen-bond donors (Lipinski definition) is 1. The van der Waals surface area contributed by atoms with E-state index in [1.807, 2.05) is 26.8 Å². The molecule has 0 heterocycles. The minimum Gasteiger partial charge on any atom is -0.505 e. The van der Waals surface area contributed by atoms with Gasteiger partial charge in [0.15, 0.2) is 5.69 Å². The average Bonchev–Trinajstić information content (AvgIpc) is 2.64. The highest BCUT2D eigenvalue weighted by Gasteiger charge is 2.22. The molecule has 0 fully saturated rings. The number of benzene rings is 2. The van der Waals surface area contributed by atoms with Crippen LogP contribution in [0.5, 0.6) is 5.75 Å². The van der Waals surface area contributed by atoms with Crippen molar-refractivity contribution in [2.75, 3.05) is 7.11 Å². The van der Waals surface area contributed by atoms with Crippen molar-refractivity contribution in [1.29, 1.82) is 0 Å². The summed E-state index contributed by atoms with van der Waals surface area (Å²) in [6.45, 7) is 5.82. The number of rotatable bonds is 6. The Kier molecular flexibility index (Phi) is 6.45. The highest BCUT2D eigenvalue weighted by molar-refractivity contribution is 5.70. The van der Waals surface area contributed by atoms with Gasteiger partial charge in [0.1, 0.15) is 11.4 Å². The second kappa shape index (κ2) is 8.60. The van der Waals surface area contributed by atoms with Gasteiger partial charge in [-0.05, 0) is 29.5 Å². The fourth-order valence-corrected chi connectivity index (χ4v) is 2.63. The number of nitro benzene ring substituents is 1. The van der Waals surface area contributed by atoms with Crippen molar-refractivity contribution < 1.29 is 19.6 Å². The molecule has 2 aromatic rings. The summed E-state index contributed by atoms with van der Waals surface area (Å²) in [4.78, 5) is 22.0. The van der Waals surface area contributed by atoms with Crippen LogP contribution in [0.2, 0.25) is 0 Å². The quantitative estimate of drug-likeness (QED) is 0.321. The van der Waals surface area contributed by atoms with Gasteiger partial charge in [0.25, 0.3) is 5.69 Å². The summed E-state index contributed by atoms with van der Waals surface area (Å²) < 4.78 is 4.67. The van der Waals surface area contributed by atoms with Gasteiger partial charge in [0.05, 0.1) is 12.0 Å². The Hall–Kier alpha value is -3.29. The van der Waals surface area contributed by atoms with E-state index >= 15 is 0 Å². The molecule has 0 unspecified atom stereocenters. The Morgan fingerprint density at radius 3 is 2.43 bits per heavy atom. The maximum absolute atomic E-state index is 11.5. The molecule has 0 spiro atoms. The van der Waals surface area contributed by atoms with E-state index in [0.29, 0.717) is 12.0 Å². The Morgan fingerprint density at radius 1 is 1.18 bits per heavy atom. The van der Waals surface area contributed by atoms with Crippen LogP contribution in [0.3, 0.4) is 0 Å². The third kappa shape index (κ3) is 5.12.